The average molecular weight is 500 g/mol. The lowest BCUT2D eigenvalue weighted by Crippen LogP contribution is -2.45. The molecule has 0 aliphatic carbocycles. The molecule has 0 spiro atoms. The van der Waals surface area contributed by atoms with E-state index in [0.29, 0.717) is 40.5 Å². The third kappa shape index (κ3) is 5.84. The third-order valence-corrected chi connectivity index (χ3v) is 6.26. The van der Waals surface area contributed by atoms with Gasteiger partial charge in [0.25, 0.3) is 0 Å². The molecule has 0 bridgehead atoms. The van der Waals surface area contributed by atoms with Gasteiger partial charge in [-0.05, 0) is 36.9 Å². The number of aromatic nitrogens is 4. The van der Waals surface area contributed by atoms with E-state index in [9.17, 15) is 4.79 Å². The summed E-state index contributed by atoms with van der Waals surface area (Å²) in [6.07, 6.45) is 1.93. The van der Waals surface area contributed by atoms with Gasteiger partial charge in [0.15, 0.2) is 11.6 Å². The fourth-order valence-electron chi connectivity index (χ4n) is 4.00. The van der Waals surface area contributed by atoms with Crippen LogP contribution < -0.4 is 10.2 Å². The Labute approximate surface area is 215 Å². The molecule has 182 valence electrons. The molecule has 9 heteroatoms. The number of likely N-dealkylation sites (N-methyl/N-ethyl adjacent to an activating group) is 1. The molecule has 0 saturated carbocycles. The normalized spacial score (nSPS) is 14.0. The van der Waals surface area contributed by atoms with Crippen LogP contribution in [0.3, 0.4) is 0 Å². The lowest BCUT2D eigenvalue weighted by atomic mass is 10.0. The summed E-state index contributed by atoms with van der Waals surface area (Å²) in [4.78, 5) is 35.7. The van der Waals surface area contributed by atoms with Gasteiger partial charge >= 0.3 is 0 Å². The van der Waals surface area contributed by atoms with Crippen LogP contribution in [0, 0.1) is 0 Å². The number of hydrogen-bond acceptors (Lipinski definition) is 8. The Morgan fingerprint density at radius 3 is 2.53 bits per heavy atom. The third-order valence-electron chi connectivity index (χ3n) is 6.02. The first-order valence-corrected chi connectivity index (χ1v) is 12.2. The highest BCUT2D eigenvalue weighted by molar-refractivity contribution is 6.30. The molecular formula is C27H26ClN7O. The van der Waals surface area contributed by atoms with Gasteiger partial charge in [-0.1, -0.05) is 54.1 Å². The van der Waals surface area contributed by atoms with Crippen LogP contribution in [0.2, 0.25) is 5.02 Å². The number of ketones is 1. The van der Waals surface area contributed by atoms with Crippen molar-refractivity contribution < 1.29 is 4.79 Å². The number of carbonyl (C=O) groups excluding carboxylic acids is 1. The van der Waals surface area contributed by atoms with Crippen molar-refractivity contribution in [2.45, 2.75) is 6.42 Å². The van der Waals surface area contributed by atoms with Crippen LogP contribution in [0.15, 0.2) is 72.9 Å². The van der Waals surface area contributed by atoms with Crippen molar-refractivity contribution in [3.63, 3.8) is 0 Å². The molecule has 4 aromatic rings. The molecule has 0 atom stereocenters. The number of pyridine rings is 1. The van der Waals surface area contributed by atoms with Gasteiger partial charge in [0.05, 0.1) is 0 Å². The molecule has 1 N–H and O–H groups in total. The second-order valence-electron chi connectivity index (χ2n) is 8.72. The smallest absolute Gasteiger partial charge is 0.233 e. The molecule has 2 aromatic heterocycles. The number of nitrogens with zero attached hydrogens (tertiary/aromatic N) is 6. The highest BCUT2D eigenvalue weighted by Gasteiger charge is 2.19. The number of benzene rings is 2. The van der Waals surface area contributed by atoms with Crippen LogP contribution in [0.5, 0.6) is 0 Å². The van der Waals surface area contributed by atoms with Crippen LogP contribution >= 0.6 is 11.6 Å². The van der Waals surface area contributed by atoms with Crippen molar-refractivity contribution in [1.29, 1.82) is 0 Å². The van der Waals surface area contributed by atoms with Gasteiger partial charge in [-0.2, -0.15) is 15.0 Å². The van der Waals surface area contributed by atoms with E-state index in [1.54, 1.807) is 18.3 Å². The van der Waals surface area contributed by atoms with Crippen molar-refractivity contribution in [1.82, 2.24) is 24.8 Å². The van der Waals surface area contributed by atoms with Gasteiger partial charge in [0.2, 0.25) is 11.9 Å². The quantitative estimate of drug-likeness (QED) is 0.372. The van der Waals surface area contributed by atoms with Crippen LogP contribution in [-0.2, 0) is 6.42 Å². The van der Waals surface area contributed by atoms with E-state index in [-0.39, 0.29) is 5.78 Å². The zero-order chi connectivity index (χ0) is 24.9. The Bertz CT molecular complexity index is 1360. The maximum atomic E-state index is 12.9. The Kier molecular flexibility index (Phi) is 7.16. The molecule has 1 fully saturated rings. The largest absolute Gasteiger partial charge is 0.338 e. The Morgan fingerprint density at radius 2 is 1.75 bits per heavy atom. The van der Waals surface area contributed by atoms with E-state index >= 15 is 0 Å². The minimum Gasteiger partial charge on any atom is -0.338 e. The molecule has 36 heavy (non-hydrogen) atoms. The Morgan fingerprint density at radius 1 is 0.944 bits per heavy atom. The van der Waals surface area contributed by atoms with Crippen LogP contribution in [0.4, 0.5) is 17.7 Å². The second kappa shape index (κ2) is 10.8. The number of carbonyl (C=O) groups is 1. The molecule has 0 radical (unpaired) electrons. The summed E-state index contributed by atoms with van der Waals surface area (Å²) in [5.41, 5.74) is 2.33. The summed E-state index contributed by atoms with van der Waals surface area (Å²) < 4.78 is 0. The number of hydrogen-bond donors (Lipinski definition) is 1. The topological polar surface area (TPSA) is 87.1 Å². The van der Waals surface area contributed by atoms with E-state index in [0.717, 1.165) is 37.3 Å². The molecule has 3 heterocycles. The number of anilines is 3. The van der Waals surface area contributed by atoms with Gasteiger partial charge in [0, 0.05) is 54.9 Å². The molecule has 0 amide bonds. The van der Waals surface area contributed by atoms with Crippen LogP contribution in [-0.4, -0.2) is 63.8 Å². The first-order chi connectivity index (χ1) is 17.5. The highest BCUT2D eigenvalue weighted by Crippen LogP contribution is 2.24. The minimum absolute atomic E-state index is 0.0139. The maximum Gasteiger partial charge on any atom is 0.233 e. The molecule has 0 unspecified atom stereocenters. The molecule has 2 aromatic carbocycles. The number of nitrogens with one attached hydrogen (secondary N) is 1. The number of rotatable bonds is 7. The van der Waals surface area contributed by atoms with E-state index in [4.69, 9.17) is 16.6 Å². The second-order valence-corrected chi connectivity index (χ2v) is 9.16. The van der Waals surface area contributed by atoms with Gasteiger partial charge in [0.1, 0.15) is 5.82 Å². The van der Waals surface area contributed by atoms with E-state index < -0.39 is 0 Å². The van der Waals surface area contributed by atoms with E-state index in [1.165, 1.54) is 0 Å². The molecule has 5 rings (SSSR count). The van der Waals surface area contributed by atoms with E-state index in [2.05, 4.69) is 37.1 Å². The average Bonchev–Trinajstić information content (AvgIpc) is 2.90. The lowest BCUT2D eigenvalue weighted by Gasteiger charge is -2.32. The molecule has 1 aliphatic heterocycles. The van der Waals surface area contributed by atoms with Gasteiger partial charge in [-0.25, -0.2) is 4.98 Å². The number of piperazine rings is 1. The zero-order valence-corrected chi connectivity index (χ0v) is 20.7. The zero-order valence-electron chi connectivity index (χ0n) is 19.9. The van der Waals surface area contributed by atoms with Crippen molar-refractivity contribution in [3.05, 3.63) is 89.1 Å². The fraction of sp³-hybridized carbons (Fsp3) is 0.222. The highest BCUT2D eigenvalue weighted by atomic mass is 35.5. The number of halogens is 1. The van der Waals surface area contributed by atoms with Crippen molar-refractivity contribution >= 4 is 35.1 Å². The predicted molar refractivity (Wildman–Crippen MR) is 142 cm³/mol. The Balaban J connectivity index is 1.43. The first kappa shape index (κ1) is 23.8. The van der Waals surface area contributed by atoms with Gasteiger partial charge in [-0.15, -0.1) is 0 Å². The van der Waals surface area contributed by atoms with Crippen molar-refractivity contribution in [3.8, 4) is 11.4 Å². The summed E-state index contributed by atoms with van der Waals surface area (Å²) in [5.74, 6) is 1.96. The first-order valence-electron chi connectivity index (χ1n) is 11.8. The molecule has 1 aliphatic rings. The van der Waals surface area contributed by atoms with Crippen molar-refractivity contribution in [2.24, 2.45) is 0 Å². The summed E-state index contributed by atoms with van der Waals surface area (Å²) in [6, 6.07) is 20.6. The molecule has 8 nitrogen and oxygen atoms in total. The summed E-state index contributed by atoms with van der Waals surface area (Å²) >= 11 is 6.23. The SMILES string of the molecule is CN1CCN(c2nc(Nc3cc(C(=O)Cc4ccccc4)ccn3)nc(-c3cccc(Cl)c3)n2)CC1. The predicted octanol–water partition coefficient (Wildman–Crippen LogP) is 4.51. The molecule has 1 saturated heterocycles. The lowest BCUT2D eigenvalue weighted by molar-refractivity contribution is 0.0993. The van der Waals surface area contributed by atoms with Gasteiger partial charge in [-0.3, -0.25) is 4.79 Å². The van der Waals surface area contributed by atoms with Gasteiger partial charge < -0.3 is 15.1 Å². The van der Waals surface area contributed by atoms with E-state index in [1.807, 2.05) is 54.6 Å². The van der Waals surface area contributed by atoms with Crippen LogP contribution in [0.1, 0.15) is 15.9 Å². The monoisotopic (exact) mass is 499 g/mol. The molecular weight excluding hydrogens is 474 g/mol. The Hall–Kier alpha value is -3.88. The number of Topliss-reactive ketones (excluding diaryl/α,β-unsaturated/α-hetero) is 1. The van der Waals surface area contributed by atoms with Crippen molar-refractivity contribution in [2.75, 3.05) is 43.4 Å². The fourth-order valence-corrected chi connectivity index (χ4v) is 4.19. The van der Waals surface area contributed by atoms with Crippen LogP contribution in [0.25, 0.3) is 11.4 Å². The summed E-state index contributed by atoms with van der Waals surface area (Å²) in [7, 11) is 2.10. The maximum absolute atomic E-state index is 12.9. The summed E-state index contributed by atoms with van der Waals surface area (Å²) in [5, 5.41) is 3.79. The minimum atomic E-state index is 0.0139. The summed E-state index contributed by atoms with van der Waals surface area (Å²) in [6.45, 7) is 3.48. The standard InChI is InChI=1S/C27H26ClN7O/c1-34-12-14-35(15-13-34)27-32-25(21-8-5-9-22(28)17-21)31-26(33-27)30-24-18-20(10-11-29-24)23(36)16-19-6-3-2-4-7-19/h2-11,17-18H,12-16H2,1H3,(H,29,30,31,32,33).